The van der Waals surface area contributed by atoms with E-state index in [1.807, 2.05) is 27.2 Å². The van der Waals surface area contributed by atoms with Crippen molar-refractivity contribution in [3.8, 4) is 0 Å². The molecule has 1 rings (SSSR count). The smallest absolute Gasteiger partial charge is 0.0431 e. The molecule has 13 heavy (non-hydrogen) atoms. The van der Waals surface area contributed by atoms with Gasteiger partial charge < -0.3 is 10.2 Å². The Bertz CT molecular complexity index is 303. The van der Waals surface area contributed by atoms with Gasteiger partial charge in [0, 0.05) is 32.5 Å². The molecule has 0 aliphatic rings. The van der Waals surface area contributed by atoms with Gasteiger partial charge in [-0.15, -0.1) is 0 Å². The molecule has 0 aliphatic heterocycles. The standard InChI is InChI=1S/C11H16N2/c1-5-9-6-7-10(13(3)4)8-11(9)12-2/h5-8,12H,1H2,2-4H3. The molecule has 1 aromatic carbocycles. The van der Waals surface area contributed by atoms with Crippen LogP contribution in [-0.2, 0) is 0 Å². The van der Waals surface area contributed by atoms with Gasteiger partial charge in [-0.2, -0.15) is 0 Å². The fraction of sp³-hybridized carbons (Fsp3) is 0.273. The summed E-state index contributed by atoms with van der Waals surface area (Å²) >= 11 is 0. The predicted octanol–water partition coefficient (Wildman–Crippen LogP) is 2.44. The van der Waals surface area contributed by atoms with E-state index in [4.69, 9.17) is 0 Å². The maximum atomic E-state index is 3.76. The minimum Gasteiger partial charge on any atom is -0.388 e. The third kappa shape index (κ3) is 2.02. The van der Waals surface area contributed by atoms with Crippen LogP contribution >= 0.6 is 0 Å². The molecule has 0 radical (unpaired) electrons. The number of hydrogen-bond donors (Lipinski definition) is 1. The average Bonchev–Trinajstić information content (AvgIpc) is 2.16. The van der Waals surface area contributed by atoms with Crippen LogP contribution in [0.2, 0.25) is 0 Å². The molecule has 2 nitrogen and oxygen atoms in total. The van der Waals surface area contributed by atoms with Crippen LogP contribution in [0.15, 0.2) is 24.8 Å². The summed E-state index contributed by atoms with van der Waals surface area (Å²) in [7, 11) is 5.98. The largest absolute Gasteiger partial charge is 0.388 e. The molecule has 0 aliphatic carbocycles. The van der Waals surface area contributed by atoms with Crippen LogP contribution in [0.4, 0.5) is 11.4 Å². The lowest BCUT2D eigenvalue weighted by Gasteiger charge is -2.15. The number of anilines is 2. The molecule has 0 unspecified atom stereocenters. The zero-order valence-electron chi connectivity index (χ0n) is 8.46. The van der Waals surface area contributed by atoms with Gasteiger partial charge in [0.1, 0.15) is 0 Å². The Hall–Kier alpha value is -1.44. The van der Waals surface area contributed by atoms with E-state index < -0.39 is 0 Å². The summed E-state index contributed by atoms with van der Waals surface area (Å²) in [6.07, 6.45) is 1.85. The summed E-state index contributed by atoms with van der Waals surface area (Å²) in [6.45, 7) is 3.76. The van der Waals surface area contributed by atoms with E-state index >= 15 is 0 Å². The van der Waals surface area contributed by atoms with Crippen molar-refractivity contribution in [2.45, 2.75) is 0 Å². The first kappa shape index (κ1) is 9.65. The van der Waals surface area contributed by atoms with Gasteiger partial charge in [0.15, 0.2) is 0 Å². The molecule has 1 N–H and O–H groups in total. The van der Waals surface area contributed by atoms with Gasteiger partial charge in [-0.25, -0.2) is 0 Å². The van der Waals surface area contributed by atoms with Crippen molar-refractivity contribution >= 4 is 17.5 Å². The van der Waals surface area contributed by atoms with Crippen molar-refractivity contribution < 1.29 is 0 Å². The third-order valence-corrected chi connectivity index (χ3v) is 2.04. The molecule has 0 spiro atoms. The van der Waals surface area contributed by atoms with Crippen molar-refractivity contribution in [2.24, 2.45) is 0 Å². The fourth-order valence-electron chi connectivity index (χ4n) is 1.22. The zero-order valence-corrected chi connectivity index (χ0v) is 8.46. The van der Waals surface area contributed by atoms with E-state index in [0.717, 1.165) is 11.3 Å². The normalized spacial score (nSPS) is 9.46. The Labute approximate surface area is 79.9 Å². The molecule has 2 heteroatoms. The van der Waals surface area contributed by atoms with Gasteiger partial charge in [-0.05, 0) is 17.7 Å². The number of nitrogens with zero attached hydrogens (tertiary/aromatic N) is 1. The molecule has 0 atom stereocenters. The maximum absolute atomic E-state index is 3.76. The van der Waals surface area contributed by atoms with Gasteiger partial charge >= 0.3 is 0 Å². The molecule has 0 saturated carbocycles. The van der Waals surface area contributed by atoms with Gasteiger partial charge in [-0.3, -0.25) is 0 Å². The Balaban J connectivity index is 3.12. The molecular weight excluding hydrogens is 160 g/mol. The topological polar surface area (TPSA) is 15.3 Å². The summed E-state index contributed by atoms with van der Waals surface area (Å²) in [5, 5.41) is 3.14. The lowest BCUT2D eigenvalue weighted by Crippen LogP contribution is -2.09. The number of nitrogens with one attached hydrogen (secondary N) is 1. The molecule has 0 aromatic heterocycles. The summed E-state index contributed by atoms with van der Waals surface area (Å²) in [5.41, 5.74) is 3.43. The van der Waals surface area contributed by atoms with E-state index in [1.54, 1.807) is 0 Å². The highest BCUT2D eigenvalue weighted by Crippen LogP contribution is 2.22. The highest BCUT2D eigenvalue weighted by atomic mass is 15.1. The highest BCUT2D eigenvalue weighted by molar-refractivity contribution is 5.70. The van der Waals surface area contributed by atoms with Crippen LogP contribution in [-0.4, -0.2) is 21.1 Å². The van der Waals surface area contributed by atoms with Gasteiger partial charge in [-0.1, -0.05) is 18.7 Å². The van der Waals surface area contributed by atoms with Crippen molar-refractivity contribution in [3.05, 3.63) is 30.3 Å². The van der Waals surface area contributed by atoms with E-state index in [1.165, 1.54) is 5.69 Å². The van der Waals surface area contributed by atoms with E-state index in [2.05, 4.69) is 35.0 Å². The first-order valence-corrected chi connectivity index (χ1v) is 4.30. The van der Waals surface area contributed by atoms with Crippen LogP contribution in [0.3, 0.4) is 0 Å². The molecular formula is C11H16N2. The quantitative estimate of drug-likeness (QED) is 0.761. The predicted molar refractivity (Wildman–Crippen MR) is 60.4 cm³/mol. The zero-order chi connectivity index (χ0) is 9.84. The average molecular weight is 176 g/mol. The highest BCUT2D eigenvalue weighted by Gasteiger charge is 2.00. The molecule has 1 aromatic rings. The van der Waals surface area contributed by atoms with Crippen LogP contribution in [0.25, 0.3) is 6.08 Å². The molecule has 0 amide bonds. The van der Waals surface area contributed by atoms with Gasteiger partial charge in [0.05, 0.1) is 0 Å². The molecule has 0 heterocycles. The lowest BCUT2D eigenvalue weighted by atomic mass is 10.1. The SMILES string of the molecule is C=Cc1ccc(N(C)C)cc1NC. The first-order chi connectivity index (χ1) is 6.19. The molecule has 0 bridgehead atoms. The first-order valence-electron chi connectivity index (χ1n) is 4.30. The van der Waals surface area contributed by atoms with E-state index in [0.29, 0.717) is 0 Å². The Morgan fingerprint density at radius 2 is 2.08 bits per heavy atom. The Morgan fingerprint density at radius 3 is 2.54 bits per heavy atom. The number of rotatable bonds is 3. The number of hydrogen-bond acceptors (Lipinski definition) is 2. The van der Waals surface area contributed by atoms with Crippen molar-refractivity contribution in [3.63, 3.8) is 0 Å². The van der Waals surface area contributed by atoms with Crippen LogP contribution < -0.4 is 10.2 Å². The third-order valence-electron chi connectivity index (χ3n) is 2.04. The van der Waals surface area contributed by atoms with E-state index in [9.17, 15) is 0 Å². The fourth-order valence-corrected chi connectivity index (χ4v) is 1.22. The van der Waals surface area contributed by atoms with Crippen LogP contribution in [0, 0.1) is 0 Å². The van der Waals surface area contributed by atoms with Crippen LogP contribution in [0.1, 0.15) is 5.56 Å². The molecule has 0 fully saturated rings. The van der Waals surface area contributed by atoms with Crippen molar-refractivity contribution in [1.82, 2.24) is 0 Å². The second-order valence-electron chi connectivity index (χ2n) is 3.12. The maximum Gasteiger partial charge on any atom is 0.0431 e. The second-order valence-corrected chi connectivity index (χ2v) is 3.12. The summed E-state index contributed by atoms with van der Waals surface area (Å²) < 4.78 is 0. The summed E-state index contributed by atoms with van der Waals surface area (Å²) in [6, 6.07) is 6.25. The Kier molecular flexibility index (Phi) is 2.96. The minimum atomic E-state index is 1.11. The molecule has 0 saturated heterocycles. The van der Waals surface area contributed by atoms with Crippen molar-refractivity contribution in [1.29, 1.82) is 0 Å². The monoisotopic (exact) mass is 176 g/mol. The van der Waals surface area contributed by atoms with Crippen LogP contribution in [0.5, 0.6) is 0 Å². The van der Waals surface area contributed by atoms with Crippen molar-refractivity contribution in [2.75, 3.05) is 31.4 Å². The second kappa shape index (κ2) is 3.99. The lowest BCUT2D eigenvalue weighted by molar-refractivity contribution is 1.13. The van der Waals surface area contributed by atoms with E-state index in [-0.39, 0.29) is 0 Å². The van der Waals surface area contributed by atoms with Gasteiger partial charge in [0.2, 0.25) is 0 Å². The summed E-state index contributed by atoms with van der Waals surface area (Å²) in [5.74, 6) is 0. The van der Waals surface area contributed by atoms with Gasteiger partial charge in [0.25, 0.3) is 0 Å². The summed E-state index contributed by atoms with van der Waals surface area (Å²) in [4.78, 5) is 2.08. The number of benzene rings is 1. The molecule has 70 valence electrons. The Morgan fingerprint density at radius 1 is 1.38 bits per heavy atom. The minimum absolute atomic E-state index is 1.11.